The van der Waals surface area contributed by atoms with Crippen LogP contribution in [-0.2, 0) is 9.47 Å². The van der Waals surface area contributed by atoms with Gasteiger partial charge in [-0.3, -0.25) is 0 Å². The molecule has 0 aliphatic carbocycles. The lowest BCUT2D eigenvalue weighted by Crippen LogP contribution is -2.18. The van der Waals surface area contributed by atoms with E-state index >= 15 is 0 Å². The van der Waals surface area contributed by atoms with E-state index in [1.807, 2.05) is 0 Å². The Morgan fingerprint density at radius 3 is 2.58 bits per heavy atom. The molecule has 0 radical (unpaired) electrons. The number of hydrogen-bond donors (Lipinski definition) is 0. The molecule has 1 rings (SSSR count). The van der Waals surface area contributed by atoms with E-state index in [0.29, 0.717) is 5.92 Å². The summed E-state index contributed by atoms with van der Waals surface area (Å²) in [5.41, 5.74) is 0. The molecule has 1 saturated heterocycles. The second-order valence-electron chi connectivity index (χ2n) is 3.24. The number of ether oxygens (including phenoxy) is 2. The summed E-state index contributed by atoms with van der Waals surface area (Å²) in [4.78, 5) is 0. The first-order valence-electron chi connectivity index (χ1n) is 4.39. The van der Waals surface area contributed by atoms with Gasteiger partial charge in [-0.25, -0.2) is 0 Å². The van der Waals surface area contributed by atoms with Crippen LogP contribution in [0.5, 0.6) is 0 Å². The number of methoxy groups -OCH3 is 1. The molecule has 0 spiro atoms. The third kappa shape index (κ3) is 1.48. The van der Waals surface area contributed by atoms with Gasteiger partial charge in [0.25, 0.3) is 0 Å². The van der Waals surface area contributed by atoms with Gasteiger partial charge in [0.1, 0.15) is 0 Å². The van der Waals surface area contributed by atoms with Crippen molar-refractivity contribution >= 4 is 0 Å². The molecule has 12 heavy (non-hydrogen) atoms. The zero-order chi connectivity index (χ0) is 9.14. The van der Waals surface area contributed by atoms with Crippen LogP contribution in [0.3, 0.4) is 0 Å². The van der Waals surface area contributed by atoms with Crippen molar-refractivity contribution in [1.29, 1.82) is 0 Å². The molecule has 2 heteroatoms. The van der Waals surface area contributed by atoms with Gasteiger partial charge >= 0.3 is 0 Å². The molecule has 4 atom stereocenters. The van der Waals surface area contributed by atoms with Gasteiger partial charge in [-0.2, -0.15) is 0 Å². The lowest BCUT2D eigenvalue weighted by Gasteiger charge is -2.12. The minimum absolute atomic E-state index is 0.115. The molecular formula is C10H16O2. The molecule has 1 aliphatic heterocycles. The second-order valence-corrected chi connectivity index (χ2v) is 3.24. The summed E-state index contributed by atoms with van der Waals surface area (Å²) in [6.07, 6.45) is 6.44. The first-order valence-corrected chi connectivity index (χ1v) is 4.39. The molecule has 0 amide bonds. The van der Waals surface area contributed by atoms with Crippen LogP contribution < -0.4 is 0 Å². The largest absolute Gasteiger partial charge is 0.356 e. The molecule has 0 aromatic carbocycles. The minimum Gasteiger partial charge on any atom is -0.356 e. The van der Waals surface area contributed by atoms with Gasteiger partial charge in [-0.1, -0.05) is 13.8 Å². The van der Waals surface area contributed by atoms with E-state index in [4.69, 9.17) is 15.9 Å². The van der Waals surface area contributed by atoms with E-state index in [0.717, 1.165) is 6.42 Å². The van der Waals surface area contributed by atoms with Gasteiger partial charge in [0, 0.05) is 13.0 Å². The van der Waals surface area contributed by atoms with Crippen LogP contribution in [0.15, 0.2) is 0 Å². The number of hydrogen-bond acceptors (Lipinski definition) is 2. The second kappa shape index (κ2) is 3.93. The Kier molecular flexibility index (Phi) is 3.13. The fourth-order valence-electron chi connectivity index (χ4n) is 1.77. The smallest absolute Gasteiger partial charge is 0.161 e. The van der Waals surface area contributed by atoms with Crippen molar-refractivity contribution in [2.75, 3.05) is 7.11 Å². The molecule has 0 saturated carbocycles. The Balaban J connectivity index is 2.66. The molecule has 1 fully saturated rings. The van der Waals surface area contributed by atoms with Crippen molar-refractivity contribution in [3.05, 3.63) is 0 Å². The third-order valence-electron chi connectivity index (χ3n) is 2.53. The fourth-order valence-corrected chi connectivity index (χ4v) is 1.77. The standard InChI is InChI=1S/C10H16O2/c1-5-8-7(3)10(11-4)12-9(8)6-2/h1,7-10H,6H2,2-4H3. The van der Waals surface area contributed by atoms with Gasteiger partial charge in [-0.15, -0.1) is 12.3 Å². The summed E-state index contributed by atoms with van der Waals surface area (Å²) >= 11 is 0. The van der Waals surface area contributed by atoms with Crippen LogP contribution in [0.25, 0.3) is 0 Å². The summed E-state index contributed by atoms with van der Waals surface area (Å²) in [6, 6.07) is 0. The van der Waals surface area contributed by atoms with E-state index in [2.05, 4.69) is 19.8 Å². The van der Waals surface area contributed by atoms with Crippen LogP contribution in [-0.4, -0.2) is 19.5 Å². The topological polar surface area (TPSA) is 18.5 Å². The number of rotatable bonds is 2. The van der Waals surface area contributed by atoms with Crippen molar-refractivity contribution < 1.29 is 9.47 Å². The van der Waals surface area contributed by atoms with Gasteiger partial charge in [0.2, 0.25) is 0 Å². The summed E-state index contributed by atoms with van der Waals surface area (Å²) in [7, 11) is 1.66. The Labute approximate surface area is 74.2 Å². The molecule has 0 aromatic heterocycles. The van der Waals surface area contributed by atoms with E-state index in [1.54, 1.807) is 7.11 Å². The maximum Gasteiger partial charge on any atom is 0.161 e. The van der Waals surface area contributed by atoms with Crippen molar-refractivity contribution in [3.63, 3.8) is 0 Å². The predicted molar refractivity (Wildman–Crippen MR) is 47.4 cm³/mol. The highest BCUT2D eigenvalue weighted by Crippen LogP contribution is 2.33. The summed E-state index contributed by atoms with van der Waals surface area (Å²) < 4.78 is 10.8. The van der Waals surface area contributed by atoms with Crippen LogP contribution >= 0.6 is 0 Å². The van der Waals surface area contributed by atoms with Crippen LogP contribution in [0, 0.1) is 24.2 Å². The fraction of sp³-hybridized carbons (Fsp3) is 0.800. The number of terminal acetylenes is 1. The zero-order valence-electron chi connectivity index (χ0n) is 7.91. The van der Waals surface area contributed by atoms with Crippen molar-refractivity contribution in [1.82, 2.24) is 0 Å². The monoisotopic (exact) mass is 168 g/mol. The van der Waals surface area contributed by atoms with Crippen molar-refractivity contribution in [2.45, 2.75) is 32.7 Å². The van der Waals surface area contributed by atoms with Crippen LogP contribution in [0.2, 0.25) is 0 Å². The van der Waals surface area contributed by atoms with Crippen LogP contribution in [0.1, 0.15) is 20.3 Å². The zero-order valence-corrected chi connectivity index (χ0v) is 7.91. The minimum atomic E-state index is -0.115. The summed E-state index contributed by atoms with van der Waals surface area (Å²) in [6.45, 7) is 4.16. The molecule has 0 aromatic rings. The van der Waals surface area contributed by atoms with E-state index < -0.39 is 0 Å². The SMILES string of the molecule is C#CC1C(CC)OC(OC)C1C. The maximum atomic E-state index is 5.61. The van der Waals surface area contributed by atoms with Crippen molar-refractivity contribution in [2.24, 2.45) is 11.8 Å². The molecule has 4 unspecified atom stereocenters. The first kappa shape index (κ1) is 9.57. The maximum absolute atomic E-state index is 5.61. The highest BCUT2D eigenvalue weighted by atomic mass is 16.7. The Hall–Kier alpha value is -0.520. The Bertz CT molecular complexity index is 181. The van der Waals surface area contributed by atoms with E-state index in [-0.39, 0.29) is 18.3 Å². The molecule has 0 bridgehead atoms. The van der Waals surface area contributed by atoms with Gasteiger partial charge < -0.3 is 9.47 Å². The highest BCUT2D eigenvalue weighted by molar-refractivity contribution is 5.03. The lowest BCUT2D eigenvalue weighted by atomic mass is 9.91. The first-order chi connectivity index (χ1) is 5.74. The Morgan fingerprint density at radius 1 is 1.58 bits per heavy atom. The Morgan fingerprint density at radius 2 is 2.25 bits per heavy atom. The molecule has 2 nitrogen and oxygen atoms in total. The normalized spacial score (nSPS) is 41.2. The van der Waals surface area contributed by atoms with E-state index in [9.17, 15) is 0 Å². The van der Waals surface area contributed by atoms with Gasteiger partial charge in [0.05, 0.1) is 12.0 Å². The van der Waals surface area contributed by atoms with Crippen molar-refractivity contribution in [3.8, 4) is 12.3 Å². The predicted octanol–water partition coefficient (Wildman–Crippen LogP) is 1.65. The van der Waals surface area contributed by atoms with Gasteiger partial charge in [0.15, 0.2) is 6.29 Å². The quantitative estimate of drug-likeness (QED) is 0.584. The molecule has 1 heterocycles. The van der Waals surface area contributed by atoms with Crippen LogP contribution in [0.4, 0.5) is 0 Å². The molecule has 0 N–H and O–H groups in total. The third-order valence-corrected chi connectivity index (χ3v) is 2.53. The molecule has 68 valence electrons. The average molecular weight is 168 g/mol. The average Bonchev–Trinajstić information content (AvgIpc) is 2.41. The highest BCUT2D eigenvalue weighted by Gasteiger charge is 2.39. The van der Waals surface area contributed by atoms with E-state index in [1.165, 1.54) is 0 Å². The van der Waals surface area contributed by atoms with Gasteiger partial charge in [-0.05, 0) is 6.42 Å². The summed E-state index contributed by atoms with van der Waals surface area (Å²) in [5, 5.41) is 0. The summed E-state index contributed by atoms with van der Waals surface area (Å²) in [5.74, 6) is 3.29. The molecular weight excluding hydrogens is 152 g/mol. The molecule has 1 aliphatic rings. The lowest BCUT2D eigenvalue weighted by molar-refractivity contribution is -0.129.